The van der Waals surface area contributed by atoms with Gasteiger partial charge in [0.1, 0.15) is 5.75 Å². The SMILES string of the molecule is CC(C)(C)c1cc(Oc2cccc(-n3ccnc3)c2)nc(C2(c3ccccc3)c3ccccc3-c3ccccc32)c1. The molecule has 4 aromatic carbocycles. The quantitative estimate of drug-likeness (QED) is 0.222. The number of ether oxygens (including phenoxy) is 1. The predicted molar refractivity (Wildman–Crippen MR) is 164 cm³/mol. The van der Waals surface area contributed by atoms with Crippen molar-refractivity contribution in [3.05, 3.63) is 162 Å². The standard InChI is InChI=1S/C37H31N3O/c1-36(2,3)27-22-34(39-35(23-27)41-29-15-11-14-28(24-29)40-21-20-38-25-40)37(26-12-5-4-6-13-26)32-18-9-7-16-30(32)31-17-8-10-19-33(31)37/h4-25H,1-3H3. The van der Waals surface area contributed by atoms with Crippen molar-refractivity contribution in [1.82, 2.24) is 14.5 Å². The molecule has 0 fully saturated rings. The molecule has 0 amide bonds. The summed E-state index contributed by atoms with van der Waals surface area (Å²) in [5.74, 6) is 1.30. The van der Waals surface area contributed by atoms with Crippen LogP contribution in [-0.2, 0) is 10.8 Å². The number of imidazole rings is 1. The van der Waals surface area contributed by atoms with E-state index in [0.717, 1.165) is 17.1 Å². The summed E-state index contributed by atoms with van der Waals surface area (Å²) in [4.78, 5) is 9.51. The Morgan fingerprint density at radius 1 is 0.707 bits per heavy atom. The summed E-state index contributed by atoms with van der Waals surface area (Å²) in [6, 6.07) is 40.6. The van der Waals surface area contributed by atoms with Crippen LogP contribution in [0.5, 0.6) is 11.6 Å². The third-order valence-corrected chi connectivity index (χ3v) is 8.05. The Balaban J connectivity index is 1.48. The number of pyridine rings is 1. The lowest BCUT2D eigenvalue weighted by Crippen LogP contribution is -2.30. The van der Waals surface area contributed by atoms with Crippen LogP contribution in [0.4, 0.5) is 0 Å². The van der Waals surface area contributed by atoms with Gasteiger partial charge in [0.25, 0.3) is 0 Å². The van der Waals surface area contributed by atoms with Gasteiger partial charge in [-0.2, -0.15) is 0 Å². The van der Waals surface area contributed by atoms with E-state index in [2.05, 4.69) is 117 Å². The van der Waals surface area contributed by atoms with Crippen LogP contribution in [0.25, 0.3) is 16.8 Å². The van der Waals surface area contributed by atoms with Gasteiger partial charge in [0.15, 0.2) is 0 Å². The van der Waals surface area contributed by atoms with E-state index in [1.807, 2.05) is 35.0 Å². The van der Waals surface area contributed by atoms with Crippen molar-refractivity contribution in [2.45, 2.75) is 31.6 Å². The summed E-state index contributed by atoms with van der Waals surface area (Å²) in [5, 5.41) is 0. The van der Waals surface area contributed by atoms with E-state index < -0.39 is 5.41 Å². The van der Waals surface area contributed by atoms with Gasteiger partial charge in [-0.25, -0.2) is 9.97 Å². The van der Waals surface area contributed by atoms with Crippen LogP contribution in [-0.4, -0.2) is 14.5 Å². The minimum Gasteiger partial charge on any atom is -0.439 e. The monoisotopic (exact) mass is 533 g/mol. The maximum atomic E-state index is 6.57. The van der Waals surface area contributed by atoms with Gasteiger partial charge in [0.2, 0.25) is 5.88 Å². The molecule has 41 heavy (non-hydrogen) atoms. The first kappa shape index (κ1) is 25.0. The summed E-state index contributed by atoms with van der Waals surface area (Å²) in [6.45, 7) is 6.71. The van der Waals surface area contributed by atoms with Crippen molar-refractivity contribution >= 4 is 0 Å². The molecule has 4 heteroatoms. The Kier molecular flexibility index (Phi) is 5.86. The fourth-order valence-corrected chi connectivity index (χ4v) is 6.08. The van der Waals surface area contributed by atoms with Crippen LogP contribution < -0.4 is 4.74 Å². The zero-order valence-electron chi connectivity index (χ0n) is 23.5. The molecule has 4 nitrogen and oxygen atoms in total. The lowest BCUT2D eigenvalue weighted by Gasteiger charge is -2.34. The highest BCUT2D eigenvalue weighted by molar-refractivity contribution is 5.85. The average Bonchev–Trinajstić information content (AvgIpc) is 3.63. The van der Waals surface area contributed by atoms with Gasteiger partial charge in [-0.15, -0.1) is 0 Å². The molecule has 0 bridgehead atoms. The summed E-state index contributed by atoms with van der Waals surface area (Å²) in [7, 11) is 0. The second-order valence-electron chi connectivity index (χ2n) is 11.6. The van der Waals surface area contributed by atoms with E-state index in [4.69, 9.17) is 9.72 Å². The highest BCUT2D eigenvalue weighted by Gasteiger charge is 2.47. The van der Waals surface area contributed by atoms with Gasteiger partial charge in [-0.3, -0.25) is 0 Å². The summed E-state index contributed by atoms with van der Waals surface area (Å²) in [5.41, 5.74) is 8.52. The molecular formula is C37H31N3O. The molecule has 2 heterocycles. The average molecular weight is 534 g/mol. The predicted octanol–water partition coefficient (Wildman–Crippen LogP) is 8.72. The Morgan fingerprint density at radius 2 is 1.39 bits per heavy atom. The van der Waals surface area contributed by atoms with Gasteiger partial charge in [-0.05, 0) is 57.0 Å². The largest absolute Gasteiger partial charge is 0.439 e. The summed E-state index contributed by atoms with van der Waals surface area (Å²) < 4.78 is 8.53. The first-order chi connectivity index (χ1) is 19.9. The fourth-order valence-electron chi connectivity index (χ4n) is 6.08. The third-order valence-electron chi connectivity index (χ3n) is 8.05. The Hall–Kier alpha value is -4.96. The van der Waals surface area contributed by atoms with Crippen molar-refractivity contribution in [1.29, 1.82) is 0 Å². The van der Waals surface area contributed by atoms with E-state index >= 15 is 0 Å². The normalized spacial score (nSPS) is 13.4. The molecule has 1 aliphatic carbocycles. The number of nitrogens with zero attached hydrogens (tertiary/aromatic N) is 3. The van der Waals surface area contributed by atoms with E-state index in [-0.39, 0.29) is 5.41 Å². The van der Waals surface area contributed by atoms with E-state index in [1.54, 1.807) is 12.5 Å². The van der Waals surface area contributed by atoms with Gasteiger partial charge >= 0.3 is 0 Å². The van der Waals surface area contributed by atoms with Gasteiger partial charge < -0.3 is 9.30 Å². The number of hydrogen-bond acceptors (Lipinski definition) is 3. The Labute approximate surface area is 241 Å². The number of aromatic nitrogens is 3. The summed E-state index contributed by atoms with van der Waals surface area (Å²) >= 11 is 0. The molecule has 6 aromatic rings. The van der Waals surface area contributed by atoms with E-state index in [9.17, 15) is 0 Å². The number of rotatable bonds is 5. The fraction of sp³-hybridized carbons (Fsp3) is 0.135. The van der Waals surface area contributed by atoms with Crippen LogP contribution in [0.15, 0.2) is 134 Å². The summed E-state index contributed by atoms with van der Waals surface area (Å²) in [6.07, 6.45) is 5.48. The molecule has 0 atom stereocenters. The molecular weight excluding hydrogens is 502 g/mol. The van der Waals surface area contributed by atoms with E-state index in [1.165, 1.54) is 33.4 Å². The third kappa shape index (κ3) is 4.15. The Morgan fingerprint density at radius 3 is 2.05 bits per heavy atom. The second-order valence-corrected chi connectivity index (χ2v) is 11.6. The second kappa shape index (κ2) is 9.60. The highest BCUT2D eigenvalue weighted by Crippen LogP contribution is 2.56. The van der Waals surface area contributed by atoms with Crippen molar-refractivity contribution in [3.63, 3.8) is 0 Å². The van der Waals surface area contributed by atoms with Crippen LogP contribution in [0, 0.1) is 0 Å². The van der Waals surface area contributed by atoms with Crippen LogP contribution in [0.2, 0.25) is 0 Å². The smallest absolute Gasteiger partial charge is 0.219 e. The minimum absolute atomic E-state index is 0.121. The van der Waals surface area contributed by atoms with Crippen molar-refractivity contribution in [2.75, 3.05) is 0 Å². The molecule has 200 valence electrons. The van der Waals surface area contributed by atoms with Crippen LogP contribution in [0.1, 0.15) is 48.7 Å². The highest BCUT2D eigenvalue weighted by atomic mass is 16.5. The van der Waals surface area contributed by atoms with E-state index in [0.29, 0.717) is 5.88 Å². The molecule has 1 aliphatic rings. The topological polar surface area (TPSA) is 39.9 Å². The lowest BCUT2D eigenvalue weighted by atomic mass is 9.69. The van der Waals surface area contributed by atoms with Crippen molar-refractivity contribution < 1.29 is 4.74 Å². The first-order valence-electron chi connectivity index (χ1n) is 14.0. The minimum atomic E-state index is -0.591. The molecule has 7 rings (SSSR count). The van der Waals surface area contributed by atoms with Crippen LogP contribution >= 0.6 is 0 Å². The van der Waals surface area contributed by atoms with Gasteiger partial charge in [0.05, 0.1) is 23.1 Å². The van der Waals surface area contributed by atoms with Crippen molar-refractivity contribution in [3.8, 4) is 28.4 Å². The van der Waals surface area contributed by atoms with Crippen molar-refractivity contribution in [2.24, 2.45) is 0 Å². The zero-order valence-corrected chi connectivity index (χ0v) is 23.5. The van der Waals surface area contributed by atoms with Crippen LogP contribution in [0.3, 0.4) is 0 Å². The molecule has 0 aliphatic heterocycles. The number of hydrogen-bond donors (Lipinski definition) is 0. The molecule has 0 spiro atoms. The number of benzene rings is 4. The molecule has 0 saturated heterocycles. The zero-order chi connectivity index (χ0) is 28.0. The molecule has 0 unspecified atom stereocenters. The molecule has 0 N–H and O–H groups in total. The Bertz CT molecular complexity index is 1800. The maximum Gasteiger partial charge on any atom is 0.219 e. The van der Waals surface area contributed by atoms with Gasteiger partial charge in [-0.1, -0.05) is 106 Å². The number of fused-ring (bicyclic) bond motifs is 3. The lowest BCUT2D eigenvalue weighted by molar-refractivity contribution is 0.453. The van der Waals surface area contributed by atoms with Gasteiger partial charge in [0, 0.05) is 24.5 Å². The molecule has 0 saturated carbocycles. The maximum absolute atomic E-state index is 6.57. The first-order valence-corrected chi connectivity index (χ1v) is 14.0. The molecule has 2 aromatic heterocycles. The molecule has 0 radical (unpaired) electrons.